The Bertz CT molecular complexity index is 498. The highest BCUT2D eigenvalue weighted by atomic mass is 35.5. The van der Waals surface area contributed by atoms with E-state index in [2.05, 4.69) is 5.32 Å². The zero-order valence-electron chi connectivity index (χ0n) is 10.6. The topological polar surface area (TPSA) is 47.6 Å². The highest BCUT2D eigenvalue weighted by Gasteiger charge is 2.26. The highest BCUT2D eigenvalue weighted by molar-refractivity contribution is 6.32. The number of hydrogen-bond acceptors (Lipinski definition) is 4. The second-order valence-corrected chi connectivity index (χ2v) is 5.37. The number of fused-ring (bicyclic) bond motifs is 1. The molecule has 3 rings (SSSR count). The van der Waals surface area contributed by atoms with Gasteiger partial charge in [0, 0.05) is 16.6 Å². The number of carbonyl (C=O) groups excluding carboxylic acids is 1. The number of ether oxygens (including phenoxy) is 2. The molecule has 0 aliphatic carbocycles. The molecule has 1 N–H and O–H groups in total. The van der Waals surface area contributed by atoms with Gasteiger partial charge in [-0.1, -0.05) is 18.0 Å². The first-order chi connectivity index (χ1) is 9.29. The first-order valence-corrected chi connectivity index (χ1v) is 6.97. The Morgan fingerprint density at radius 1 is 1.37 bits per heavy atom. The Hall–Kier alpha value is -1.26. The summed E-state index contributed by atoms with van der Waals surface area (Å²) in [5, 5.41) is 4.07. The Labute approximate surface area is 117 Å². The van der Waals surface area contributed by atoms with Crippen molar-refractivity contribution in [1.82, 2.24) is 5.32 Å². The van der Waals surface area contributed by atoms with Gasteiger partial charge in [0.1, 0.15) is 0 Å². The standard InChI is InChI=1S/C14H16ClNO3/c15-12-5-9(7-17)13-14(19-8-18-13)11(12)6-10-3-1-2-4-16-10/h5,7,10,16H,1-4,6,8H2. The van der Waals surface area contributed by atoms with Crippen LogP contribution in [0.1, 0.15) is 35.2 Å². The monoisotopic (exact) mass is 281 g/mol. The molecule has 1 fully saturated rings. The number of aldehydes is 1. The lowest BCUT2D eigenvalue weighted by molar-refractivity contribution is 0.111. The molecule has 2 aliphatic rings. The third kappa shape index (κ3) is 2.42. The van der Waals surface area contributed by atoms with Gasteiger partial charge in [0.2, 0.25) is 6.79 Å². The molecule has 0 radical (unpaired) electrons. The van der Waals surface area contributed by atoms with Crippen LogP contribution >= 0.6 is 11.6 Å². The average Bonchev–Trinajstić information content (AvgIpc) is 2.92. The first-order valence-electron chi connectivity index (χ1n) is 6.59. The van der Waals surface area contributed by atoms with E-state index in [4.69, 9.17) is 21.1 Å². The SMILES string of the molecule is O=Cc1cc(Cl)c(CC2CCCCN2)c2c1OCO2. The van der Waals surface area contributed by atoms with Crippen molar-refractivity contribution in [3.8, 4) is 11.5 Å². The molecule has 2 aliphatic heterocycles. The summed E-state index contributed by atoms with van der Waals surface area (Å²) in [5.74, 6) is 1.17. The molecule has 0 amide bonds. The van der Waals surface area contributed by atoms with E-state index in [1.807, 2.05) is 0 Å². The van der Waals surface area contributed by atoms with Crippen LogP contribution in [0.4, 0.5) is 0 Å². The quantitative estimate of drug-likeness (QED) is 0.865. The normalized spacial score (nSPS) is 21.4. The fraction of sp³-hybridized carbons (Fsp3) is 0.500. The molecule has 102 valence electrons. The lowest BCUT2D eigenvalue weighted by Crippen LogP contribution is -2.35. The molecule has 19 heavy (non-hydrogen) atoms. The van der Waals surface area contributed by atoms with E-state index in [0.717, 1.165) is 31.2 Å². The van der Waals surface area contributed by atoms with Gasteiger partial charge in [0.25, 0.3) is 0 Å². The lowest BCUT2D eigenvalue weighted by Gasteiger charge is -2.24. The molecular formula is C14H16ClNO3. The number of carbonyl (C=O) groups is 1. The van der Waals surface area contributed by atoms with Gasteiger partial charge in [0.15, 0.2) is 17.8 Å². The van der Waals surface area contributed by atoms with E-state index in [-0.39, 0.29) is 6.79 Å². The minimum atomic E-state index is 0.154. The van der Waals surface area contributed by atoms with Gasteiger partial charge in [-0.05, 0) is 31.9 Å². The Balaban J connectivity index is 1.92. The first kappa shape index (κ1) is 12.8. The lowest BCUT2D eigenvalue weighted by atomic mass is 9.96. The second kappa shape index (κ2) is 5.39. The van der Waals surface area contributed by atoms with Crippen LogP contribution in [-0.4, -0.2) is 25.7 Å². The number of piperidine rings is 1. The third-order valence-electron chi connectivity index (χ3n) is 3.71. The summed E-state index contributed by atoms with van der Waals surface area (Å²) >= 11 is 6.29. The summed E-state index contributed by atoms with van der Waals surface area (Å²) in [6.45, 7) is 1.20. The maximum Gasteiger partial charge on any atom is 0.231 e. The van der Waals surface area contributed by atoms with Crippen molar-refractivity contribution in [3.63, 3.8) is 0 Å². The van der Waals surface area contributed by atoms with Crippen molar-refractivity contribution in [2.24, 2.45) is 0 Å². The van der Waals surface area contributed by atoms with E-state index in [0.29, 0.717) is 28.1 Å². The molecule has 0 bridgehead atoms. The van der Waals surface area contributed by atoms with E-state index in [9.17, 15) is 4.79 Å². The molecule has 0 spiro atoms. The molecule has 1 aromatic rings. The molecule has 1 aromatic carbocycles. The van der Waals surface area contributed by atoms with Gasteiger partial charge < -0.3 is 14.8 Å². The van der Waals surface area contributed by atoms with Crippen LogP contribution in [0, 0.1) is 0 Å². The largest absolute Gasteiger partial charge is 0.453 e. The van der Waals surface area contributed by atoms with E-state index in [1.54, 1.807) is 6.07 Å². The summed E-state index contributed by atoms with van der Waals surface area (Å²) in [6.07, 6.45) is 5.17. The Morgan fingerprint density at radius 2 is 2.21 bits per heavy atom. The molecule has 1 saturated heterocycles. The highest BCUT2D eigenvalue weighted by Crippen LogP contribution is 2.42. The van der Waals surface area contributed by atoms with Crippen LogP contribution in [-0.2, 0) is 6.42 Å². The summed E-state index contributed by atoms with van der Waals surface area (Å²) in [4.78, 5) is 11.0. The molecule has 1 unspecified atom stereocenters. The zero-order chi connectivity index (χ0) is 13.2. The van der Waals surface area contributed by atoms with Crippen LogP contribution in [0.15, 0.2) is 6.07 Å². The summed E-state index contributed by atoms with van der Waals surface area (Å²) < 4.78 is 10.9. The average molecular weight is 282 g/mol. The predicted octanol–water partition coefficient (Wildman–Crippen LogP) is 2.57. The van der Waals surface area contributed by atoms with Crippen LogP contribution in [0.3, 0.4) is 0 Å². The van der Waals surface area contributed by atoms with Crippen molar-refractivity contribution < 1.29 is 14.3 Å². The maximum absolute atomic E-state index is 11.0. The molecule has 2 heterocycles. The molecular weight excluding hydrogens is 266 g/mol. The van der Waals surface area contributed by atoms with Crippen molar-refractivity contribution in [1.29, 1.82) is 0 Å². The predicted molar refractivity (Wildman–Crippen MR) is 72.3 cm³/mol. The summed E-state index contributed by atoms with van der Waals surface area (Å²) in [5.41, 5.74) is 1.40. The Morgan fingerprint density at radius 3 is 2.95 bits per heavy atom. The molecule has 0 aromatic heterocycles. The fourth-order valence-electron chi connectivity index (χ4n) is 2.74. The van der Waals surface area contributed by atoms with Crippen LogP contribution < -0.4 is 14.8 Å². The van der Waals surface area contributed by atoms with Crippen LogP contribution in [0.2, 0.25) is 5.02 Å². The Kier molecular flexibility index (Phi) is 3.62. The molecule has 5 heteroatoms. The number of benzene rings is 1. The van der Waals surface area contributed by atoms with Crippen molar-refractivity contribution in [2.75, 3.05) is 13.3 Å². The molecule has 1 atom stereocenters. The van der Waals surface area contributed by atoms with Crippen molar-refractivity contribution in [3.05, 3.63) is 22.2 Å². The van der Waals surface area contributed by atoms with Gasteiger partial charge in [-0.25, -0.2) is 0 Å². The van der Waals surface area contributed by atoms with Crippen LogP contribution in [0.25, 0.3) is 0 Å². The van der Waals surface area contributed by atoms with E-state index in [1.165, 1.54) is 12.8 Å². The number of rotatable bonds is 3. The zero-order valence-corrected chi connectivity index (χ0v) is 11.3. The van der Waals surface area contributed by atoms with Gasteiger partial charge in [-0.2, -0.15) is 0 Å². The number of hydrogen-bond donors (Lipinski definition) is 1. The number of halogens is 1. The van der Waals surface area contributed by atoms with Gasteiger partial charge >= 0.3 is 0 Å². The number of nitrogens with one attached hydrogen (secondary N) is 1. The maximum atomic E-state index is 11.0. The smallest absolute Gasteiger partial charge is 0.231 e. The van der Waals surface area contributed by atoms with E-state index >= 15 is 0 Å². The van der Waals surface area contributed by atoms with Gasteiger partial charge in [0.05, 0.1) is 5.56 Å². The van der Waals surface area contributed by atoms with Gasteiger partial charge in [-0.15, -0.1) is 0 Å². The van der Waals surface area contributed by atoms with Crippen molar-refractivity contribution >= 4 is 17.9 Å². The minimum absolute atomic E-state index is 0.154. The second-order valence-electron chi connectivity index (χ2n) is 4.96. The summed E-state index contributed by atoms with van der Waals surface area (Å²) in [7, 11) is 0. The molecule has 4 nitrogen and oxygen atoms in total. The fourth-order valence-corrected chi connectivity index (χ4v) is 3.02. The third-order valence-corrected chi connectivity index (χ3v) is 4.05. The summed E-state index contributed by atoms with van der Waals surface area (Å²) in [6, 6.07) is 2.09. The van der Waals surface area contributed by atoms with Crippen LogP contribution in [0.5, 0.6) is 11.5 Å². The minimum Gasteiger partial charge on any atom is -0.453 e. The van der Waals surface area contributed by atoms with Crippen molar-refractivity contribution in [2.45, 2.75) is 31.7 Å². The molecule has 0 saturated carbocycles. The van der Waals surface area contributed by atoms with Gasteiger partial charge in [-0.3, -0.25) is 4.79 Å². The van der Waals surface area contributed by atoms with E-state index < -0.39 is 0 Å².